The van der Waals surface area contributed by atoms with E-state index in [9.17, 15) is 0 Å². The summed E-state index contributed by atoms with van der Waals surface area (Å²) in [5.41, 5.74) is 5.11. The minimum absolute atomic E-state index is 0.705. The smallest absolute Gasteiger partial charge is 0.114 e. The van der Waals surface area contributed by atoms with E-state index in [0.717, 1.165) is 23.4 Å². The van der Waals surface area contributed by atoms with E-state index in [1.807, 2.05) is 45.3 Å². The van der Waals surface area contributed by atoms with E-state index in [-0.39, 0.29) is 0 Å². The Morgan fingerprint density at radius 3 is 1.29 bits per heavy atom. The highest BCUT2D eigenvalue weighted by Gasteiger charge is 2.22. The number of rotatable bonds is 29. The molecule has 6 rings (SSSR count). The lowest BCUT2D eigenvalue weighted by Crippen LogP contribution is -2.05. The molecular formula is C49H68Br2N2S5. The van der Waals surface area contributed by atoms with Gasteiger partial charge in [0.05, 0.1) is 28.7 Å². The van der Waals surface area contributed by atoms with Crippen LogP contribution in [0.2, 0.25) is 0 Å². The van der Waals surface area contributed by atoms with Gasteiger partial charge in [0.1, 0.15) is 11.0 Å². The molecule has 2 nitrogen and oxygen atoms in total. The molecule has 58 heavy (non-hydrogen) atoms. The summed E-state index contributed by atoms with van der Waals surface area (Å²) in [4.78, 5) is 5.46. The van der Waals surface area contributed by atoms with Crippen molar-refractivity contribution < 1.29 is 0 Å². The highest BCUT2D eigenvalue weighted by atomic mass is 79.9. The fourth-order valence-electron chi connectivity index (χ4n) is 8.78. The molecule has 5 aromatic heterocycles. The Bertz CT molecular complexity index is 2100. The Hall–Kier alpha value is -0.680. The standard InChI is InChI=1S/C49H68Br2N2S5/c1-5-8-11-14-17-18-21-24-27-35(26-23-20-16-13-10-7-3)29-37-31-41(57-49(37)51)43-33-39-45-44(52-58-53-45)38-32-42(54-46(38)47(39)55-43)40-30-36(48(50)56-40)28-34(4)25-22-19-15-12-9-6-2/h30-35H,5-29H2,1-4H3. The van der Waals surface area contributed by atoms with Crippen LogP contribution in [0.3, 0.4) is 0 Å². The van der Waals surface area contributed by atoms with E-state index in [4.69, 9.17) is 8.75 Å². The molecule has 0 radical (unpaired) electrons. The first-order valence-electron chi connectivity index (χ1n) is 23.1. The molecule has 0 amide bonds. The number of unbranched alkanes of at least 4 members (excludes halogenated alkanes) is 17. The molecule has 0 aliphatic heterocycles. The lowest BCUT2D eigenvalue weighted by molar-refractivity contribution is 0.400. The summed E-state index contributed by atoms with van der Waals surface area (Å²) < 4.78 is 15.1. The molecule has 0 fully saturated rings. The van der Waals surface area contributed by atoms with E-state index in [0.29, 0.717) is 5.92 Å². The van der Waals surface area contributed by atoms with Crippen molar-refractivity contribution in [1.82, 2.24) is 8.75 Å². The summed E-state index contributed by atoms with van der Waals surface area (Å²) in [5.74, 6) is 1.48. The van der Waals surface area contributed by atoms with Gasteiger partial charge in [0, 0.05) is 30.3 Å². The Morgan fingerprint density at radius 1 is 0.466 bits per heavy atom. The van der Waals surface area contributed by atoms with E-state index in [2.05, 4.69) is 83.8 Å². The number of aromatic nitrogens is 2. The van der Waals surface area contributed by atoms with E-state index in [1.54, 1.807) is 0 Å². The zero-order valence-electron chi connectivity index (χ0n) is 35.8. The molecule has 6 aromatic rings. The van der Waals surface area contributed by atoms with Crippen molar-refractivity contribution in [1.29, 1.82) is 0 Å². The fraction of sp³-hybridized carbons (Fsp3) is 0.633. The minimum Gasteiger partial charge on any atom is -0.172 e. The van der Waals surface area contributed by atoms with Gasteiger partial charge in [-0.2, -0.15) is 8.75 Å². The van der Waals surface area contributed by atoms with Crippen LogP contribution in [0.5, 0.6) is 0 Å². The molecule has 2 atom stereocenters. The van der Waals surface area contributed by atoms with E-state index in [1.165, 1.54) is 224 Å². The van der Waals surface area contributed by atoms with Crippen LogP contribution >= 0.6 is 88.9 Å². The van der Waals surface area contributed by atoms with Crippen LogP contribution < -0.4 is 0 Å². The molecular weight excluding hydrogens is 937 g/mol. The normalized spacial score (nSPS) is 13.2. The molecule has 318 valence electrons. The van der Waals surface area contributed by atoms with Gasteiger partial charge in [-0.3, -0.25) is 0 Å². The van der Waals surface area contributed by atoms with Gasteiger partial charge in [-0.05, 0) is 91.9 Å². The van der Waals surface area contributed by atoms with Gasteiger partial charge in [-0.25, -0.2) is 0 Å². The van der Waals surface area contributed by atoms with E-state index >= 15 is 0 Å². The Labute approximate surface area is 388 Å². The highest BCUT2D eigenvalue weighted by Crippen LogP contribution is 2.50. The third-order valence-electron chi connectivity index (χ3n) is 12.2. The summed E-state index contributed by atoms with van der Waals surface area (Å²) in [6, 6.07) is 9.81. The van der Waals surface area contributed by atoms with Crippen molar-refractivity contribution in [3.63, 3.8) is 0 Å². The first-order valence-corrected chi connectivity index (χ1v) is 28.7. The van der Waals surface area contributed by atoms with Crippen LogP contribution in [0.25, 0.3) is 50.7 Å². The maximum absolute atomic E-state index is 4.89. The molecule has 0 saturated carbocycles. The third kappa shape index (κ3) is 13.2. The minimum atomic E-state index is 0.705. The largest absolute Gasteiger partial charge is 0.172 e. The quantitative estimate of drug-likeness (QED) is 0.0438. The lowest BCUT2D eigenvalue weighted by atomic mass is 9.89. The average molecular weight is 1010 g/mol. The van der Waals surface area contributed by atoms with Crippen molar-refractivity contribution in [2.24, 2.45) is 11.8 Å². The highest BCUT2D eigenvalue weighted by molar-refractivity contribution is 9.11. The van der Waals surface area contributed by atoms with Gasteiger partial charge < -0.3 is 0 Å². The zero-order valence-corrected chi connectivity index (χ0v) is 43.1. The topological polar surface area (TPSA) is 25.8 Å². The van der Waals surface area contributed by atoms with Crippen molar-refractivity contribution >= 4 is 120 Å². The van der Waals surface area contributed by atoms with Crippen LogP contribution in [0.4, 0.5) is 0 Å². The average Bonchev–Trinajstić information content (AvgIpc) is 4.06. The van der Waals surface area contributed by atoms with Crippen molar-refractivity contribution in [3.8, 4) is 19.5 Å². The predicted octanol–water partition coefficient (Wildman–Crippen LogP) is 20.5. The van der Waals surface area contributed by atoms with Gasteiger partial charge in [0.15, 0.2) is 0 Å². The summed E-state index contributed by atoms with van der Waals surface area (Å²) in [7, 11) is 0. The predicted molar refractivity (Wildman–Crippen MR) is 273 cm³/mol. The third-order valence-corrected chi connectivity index (χ3v) is 19.5. The molecule has 1 aromatic carbocycles. The molecule has 0 N–H and O–H groups in total. The van der Waals surface area contributed by atoms with Crippen molar-refractivity contribution in [2.75, 3.05) is 0 Å². The summed E-state index contributed by atoms with van der Waals surface area (Å²) >= 11 is 17.1. The number of nitrogens with zero attached hydrogens (tertiary/aromatic N) is 2. The molecule has 0 aliphatic rings. The first-order chi connectivity index (χ1) is 28.4. The van der Waals surface area contributed by atoms with E-state index < -0.39 is 0 Å². The number of hydrogen-bond acceptors (Lipinski definition) is 7. The molecule has 0 aliphatic carbocycles. The van der Waals surface area contributed by atoms with Gasteiger partial charge >= 0.3 is 0 Å². The maximum atomic E-state index is 4.89. The summed E-state index contributed by atoms with van der Waals surface area (Å²) in [6.07, 6.45) is 34.2. The zero-order chi connectivity index (χ0) is 40.7. The second-order valence-electron chi connectivity index (χ2n) is 17.2. The first kappa shape index (κ1) is 46.8. The second-order valence-corrected chi connectivity index (χ2v) is 24.6. The molecule has 5 heterocycles. The summed E-state index contributed by atoms with van der Waals surface area (Å²) in [6.45, 7) is 9.37. The maximum Gasteiger partial charge on any atom is 0.114 e. The Balaban J connectivity index is 1.16. The van der Waals surface area contributed by atoms with Gasteiger partial charge in [0.2, 0.25) is 0 Å². The lowest BCUT2D eigenvalue weighted by Gasteiger charge is -2.17. The van der Waals surface area contributed by atoms with Crippen LogP contribution in [0.1, 0.15) is 187 Å². The van der Waals surface area contributed by atoms with Crippen LogP contribution in [-0.2, 0) is 12.8 Å². The SMILES string of the molecule is CCCCCCCCCCC(CCCCCCCC)Cc1cc(-c2cc3c4nsnc4c4cc(-c5cc(CC(C)CCCCCCCC)c(Br)s5)sc4c3s2)sc1Br. The van der Waals surface area contributed by atoms with Crippen LogP contribution in [0, 0.1) is 11.8 Å². The second kappa shape index (κ2) is 24.8. The molecule has 2 unspecified atom stereocenters. The van der Waals surface area contributed by atoms with Crippen molar-refractivity contribution in [3.05, 3.63) is 43.0 Å². The van der Waals surface area contributed by atoms with Gasteiger partial charge in [0.25, 0.3) is 0 Å². The molecule has 9 heteroatoms. The number of benzene rings is 1. The van der Waals surface area contributed by atoms with Crippen LogP contribution in [0.15, 0.2) is 31.8 Å². The summed E-state index contributed by atoms with van der Waals surface area (Å²) in [5, 5.41) is 2.53. The Morgan fingerprint density at radius 2 is 0.845 bits per heavy atom. The monoisotopic (exact) mass is 1000 g/mol. The number of thiophene rings is 4. The van der Waals surface area contributed by atoms with Crippen molar-refractivity contribution in [2.45, 2.75) is 188 Å². The fourth-order valence-corrected chi connectivity index (χ4v) is 15.4. The number of halogens is 2. The molecule has 0 bridgehead atoms. The van der Waals surface area contributed by atoms with Gasteiger partial charge in [-0.1, -0.05) is 175 Å². The number of fused-ring (bicyclic) bond motifs is 6. The van der Waals surface area contributed by atoms with Gasteiger partial charge in [-0.15, -0.1) is 45.3 Å². The number of hydrogen-bond donors (Lipinski definition) is 0. The molecule has 0 spiro atoms. The Kier molecular flexibility index (Phi) is 20.0. The van der Waals surface area contributed by atoms with Crippen LogP contribution in [-0.4, -0.2) is 8.75 Å². The molecule has 0 saturated heterocycles.